The van der Waals surface area contributed by atoms with E-state index in [2.05, 4.69) is 10.3 Å². The van der Waals surface area contributed by atoms with Gasteiger partial charge >= 0.3 is 0 Å². The molecule has 0 bridgehead atoms. The van der Waals surface area contributed by atoms with Crippen molar-refractivity contribution < 1.29 is 18.3 Å². The highest BCUT2D eigenvalue weighted by Gasteiger charge is 2.14. The van der Waals surface area contributed by atoms with Crippen LogP contribution in [0, 0.1) is 11.3 Å². The Bertz CT molecular complexity index is 1200. The highest BCUT2D eigenvalue weighted by molar-refractivity contribution is 7.90. The number of aromatic nitrogens is 1. The van der Waals surface area contributed by atoms with Gasteiger partial charge in [0.05, 0.1) is 15.1 Å². The van der Waals surface area contributed by atoms with Crippen molar-refractivity contribution in [1.29, 1.82) is 5.26 Å². The molecule has 9 heteroatoms. The molecule has 2 N–H and O–H groups in total. The van der Waals surface area contributed by atoms with Gasteiger partial charge in [-0.15, -0.1) is 0 Å². The third-order valence-electron chi connectivity index (χ3n) is 3.58. The number of carbonyl (C=O) groups excluding carboxylic acids is 1. The number of anilines is 1. The molecule has 3 rings (SSSR count). The van der Waals surface area contributed by atoms with Crippen molar-refractivity contribution in [1.82, 2.24) is 4.98 Å². The highest BCUT2D eigenvalue weighted by atomic mass is 32.2. The molecule has 27 heavy (non-hydrogen) atoms. The van der Waals surface area contributed by atoms with Crippen LogP contribution in [0.15, 0.2) is 52.9 Å². The summed E-state index contributed by atoms with van der Waals surface area (Å²) in [6.07, 6.45) is 2.51. The number of rotatable bonds is 4. The third-order valence-corrected chi connectivity index (χ3v) is 5.62. The first-order valence-corrected chi connectivity index (χ1v) is 10.3. The summed E-state index contributed by atoms with van der Waals surface area (Å²) in [5, 5.41) is 21.3. The predicted octanol–water partition coefficient (Wildman–Crippen LogP) is 2.95. The maximum absolute atomic E-state index is 12.3. The molecule has 1 aromatic heterocycles. The summed E-state index contributed by atoms with van der Waals surface area (Å²) >= 11 is 1.11. The van der Waals surface area contributed by atoms with Crippen LogP contribution in [0.1, 0.15) is 5.56 Å². The Labute approximate surface area is 159 Å². The minimum Gasteiger partial charge on any atom is -0.508 e. The molecule has 0 spiro atoms. The fourth-order valence-electron chi connectivity index (χ4n) is 2.24. The second-order valence-electron chi connectivity index (χ2n) is 5.64. The van der Waals surface area contributed by atoms with Gasteiger partial charge in [-0.1, -0.05) is 23.5 Å². The van der Waals surface area contributed by atoms with Crippen LogP contribution in [0.3, 0.4) is 0 Å². The zero-order valence-corrected chi connectivity index (χ0v) is 15.6. The van der Waals surface area contributed by atoms with Gasteiger partial charge in [0.2, 0.25) is 0 Å². The number of fused-ring (bicyclic) bond motifs is 1. The molecule has 0 radical (unpaired) electrons. The fraction of sp³-hybridized carbons (Fsp3) is 0.0556. The summed E-state index contributed by atoms with van der Waals surface area (Å²) in [5.74, 6) is -0.550. The van der Waals surface area contributed by atoms with Gasteiger partial charge in [0.25, 0.3) is 5.91 Å². The molecule has 1 amide bonds. The van der Waals surface area contributed by atoms with Crippen LogP contribution in [0.2, 0.25) is 0 Å². The SMILES string of the molecule is CS(=O)(=O)c1ccc2nc(NC(=O)/C(C#N)=C/c3ccc(O)cc3)sc2c1. The first kappa shape index (κ1) is 18.6. The van der Waals surface area contributed by atoms with Crippen LogP contribution in [-0.2, 0) is 14.6 Å². The Kier molecular flexibility index (Phi) is 4.94. The number of nitrogens with zero attached hydrogens (tertiary/aromatic N) is 2. The normalized spacial score (nSPS) is 11.9. The lowest BCUT2D eigenvalue weighted by Gasteiger charge is -2.00. The third kappa shape index (κ3) is 4.31. The van der Waals surface area contributed by atoms with Crippen molar-refractivity contribution in [3.05, 3.63) is 53.6 Å². The molecule has 7 nitrogen and oxygen atoms in total. The zero-order chi connectivity index (χ0) is 19.6. The first-order valence-electron chi connectivity index (χ1n) is 7.59. The van der Waals surface area contributed by atoms with Crippen LogP contribution >= 0.6 is 11.3 Å². The van der Waals surface area contributed by atoms with Gasteiger partial charge in [-0.3, -0.25) is 10.1 Å². The van der Waals surface area contributed by atoms with Crippen molar-refractivity contribution in [2.45, 2.75) is 4.90 Å². The summed E-state index contributed by atoms with van der Waals surface area (Å²) in [7, 11) is -3.34. The summed E-state index contributed by atoms with van der Waals surface area (Å²) in [6, 6.07) is 12.4. The number of phenols is 1. The maximum atomic E-state index is 12.3. The molecule has 1 heterocycles. The van der Waals surface area contributed by atoms with Crippen molar-refractivity contribution in [2.75, 3.05) is 11.6 Å². The smallest absolute Gasteiger partial charge is 0.268 e. The van der Waals surface area contributed by atoms with Gasteiger partial charge < -0.3 is 5.11 Å². The number of hydrogen-bond acceptors (Lipinski definition) is 7. The van der Waals surface area contributed by atoms with E-state index in [1.54, 1.807) is 18.2 Å². The highest BCUT2D eigenvalue weighted by Crippen LogP contribution is 2.28. The molecule has 0 aliphatic carbocycles. The standard InChI is InChI=1S/C18H13N3O4S2/c1-27(24,25)14-6-7-15-16(9-14)26-18(20-15)21-17(23)12(10-19)8-11-2-4-13(22)5-3-11/h2-9,22H,1H3,(H,20,21,23)/b12-8+. The second-order valence-corrected chi connectivity index (χ2v) is 8.68. The first-order chi connectivity index (χ1) is 12.8. The lowest BCUT2D eigenvalue weighted by atomic mass is 10.1. The summed E-state index contributed by atoms with van der Waals surface area (Å²) in [5.41, 5.74) is 1.00. The van der Waals surface area contributed by atoms with Gasteiger partial charge in [0.1, 0.15) is 17.4 Å². The quantitative estimate of drug-likeness (QED) is 0.514. The van der Waals surface area contributed by atoms with E-state index in [9.17, 15) is 23.6 Å². The molecular weight excluding hydrogens is 386 g/mol. The summed E-state index contributed by atoms with van der Waals surface area (Å²) < 4.78 is 23.9. The van der Waals surface area contributed by atoms with Crippen LogP contribution in [0.4, 0.5) is 5.13 Å². The summed E-state index contributed by atoms with van der Waals surface area (Å²) in [4.78, 5) is 16.7. The Morgan fingerprint density at radius 2 is 1.96 bits per heavy atom. The van der Waals surface area contributed by atoms with Gasteiger partial charge in [-0.05, 0) is 42.0 Å². The number of thiazole rings is 1. The van der Waals surface area contributed by atoms with Crippen molar-refractivity contribution in [2.24, 2.45) is 0 Å². The molecule has 0 saturated heterocycles. The molecule has 0 aliphatic rings. The molecule has 0 fully saturated rings. The molecule has 136 valence electrons. The van der Waals surface area contributed by atoms with E-state index in [1.807, 2.05) is 6.07 Å². The monoisotopic (exact) mass is 399 g/mol. The Hall–Kier alpha value is -3.22. The number of hydrogen-bond donors (Lipinski definition) is 2. The molecule has 2 aromatic carbocycles. The molecule has 0 saturated carbocycles. The number of sulfone groups is 1. The Balaban J connectivity index is 1.86. The average Bonchev–Trinajstić information content (AvgIpc) is 3.01. The minimum absolute atomic E-state index is 0.0815. The molecule has 0 atom stereocenters. The van der Waals surface area contributed by atoms with E-state index in [-0.39, 0.29) is 21.3 Å². The number of nitrogens with one attached hydrogen (secondary N) is 1. The number of benzene rings is 2. The Morgan fingerprint density at radius 3 is 2.59 bits per heavy atom. The number of aromatic hydroxyl groups is 1. The zero-order valence-electron chi connectivity index (χ0n) is 14.0. The number of phenolic OH excluding ortho intramolecular Hbond substituents is 1. The van der Waals surface area contributed by atoms with Crippen molar-refractivity contribution in [3.63, 3.8) is 0 Å². The van der Waals surface area contributed by atoms with E-state index < -0.39 is 15.7 Å². The summed E-state index contributed by atoms with van der Waals surface area (Å²) in [6.45, 7) is 0. The maximum Gasteiger partial charge on any atom is 0.268 e. The molecular formula is C18H13N3O4S2. The molecule has 0 unspecified atom stereocenters. The fourth-order valence-corrected chi connectivity index (χ4v) is 3.86. The number of amides is 1. The van der Waals surface area contributed by atoms with E-state index >= 15 is 0 Å². The van der Waals surface area contributed by atoms with Crippen LogP contribution in [-0.4, -0.2) is 30.7 Å². The number of carbonyl (C=O) groups is 1. The van der Waals surface area contributed by atoms with Gasteiger partial charge in [0, 0.05) is 6.26 Å². The number of nitriles is 1. The lowest BCUT2D eigenvalue weighted by molar-refractivity contribution is -0.112. The molecule has 0 aliphatic heterocycles. The van der Waals surface area contributed by atoms with Gasteiger partial charge in [-0.2, -0.15) is 5.26 Å². The van der Waals surface area contributed by atoms with E-state index in [4.69, 9.17) is 0 Å². The van der Waals surface area contributed by atoms with Crippen LogP contribution in [0.5, 0.6) is 5.75 Å². The minimum atomic E-state index is -3.34. The molecule has 3 aromatic rings. The van der Waals surface area contributed by atoms with E-state index in [0.29, 0.717) is 15.8 Å². The van der Waals surface area contributed by atoms with Gasteiger partial charge in [-0.25, -0.2) is 13.4 Å². The van der Waals surface area contributed by atoms with Gasteiger partial charge in [0.15, 0.2) is 15.0 Å². The second kappa shape index (κ2) is 7.19. The largest absolute Gasteiger partial charge is 0.508 e. The lowest BCUT2D eigenvalue weighted by Crippen LogP contribution is -2.13. The van der Waals surface area contributed by atoms with Crippen LogP contribution < -0.4 is 5.32 Å². The average molecular weight is 399 g/mol. The topological polar surface area (TPSA) is 120 Å². The van der Waals surface area contributed by atoms with E-state index in [1.165, 1.54) is 30.3 Å². The van der Waals surface area contributed by atoms with Crippen molar-refractivity contribution in [3.8, 4) is 11.8 Å². The predicted molar refractivity (Wildman–Crippen MR) is 103 cm³/mol. The van der Waals surface area contributed by atoms with E-state index in [0.717, 1.165) is 17.6 Å². The Morgan fingerprint density at radius 1 is 1.26 bits per heavy atom. The van der Waals surface area contributed by atoms with Crippen LogP contribution in [0.25, 0.3) is 16.3 Å². The van der Waals surface area contributed by atoms with Crippen molar-refractivity contribution >= 4 is 48.5 Å².